The highest BCUT2D eigenvalue weighted by molar-refractivity contribution is 5.50. The molecule has 0 unspecified atom stereocenters. The predicted octanol–water partition coefficient (Wildman–Crippen LogP) is 4.16. The molecule has 0 spiro atoms. The van der Waals surface area contributed by atoms with E-state index in [2.05, 4.69) is 56.7 Å². The van der Waals surface area contributed by atoms with Crippen LogP contribution in [0.1, 0.15) is 49.0 Å². The third-order valence-electron chi connectivity index (χ3n) is 6.06. The van der Waals surface area contributed by atoms with Gasteiger partial charge in [0.25, 0.3) is 0 Å². The summed E-state index contributed by atoms with van der Waals surface area (Å²) in [5, 5.41) is 11.3. The number of fused-ring (bicyclic) bond motifs is 1. The fourth-order valence-corrected chi connectivity index (χ4v) is 4.42. The molecule has 5 rings (SSSR count). The smallest absolute Gasteiger partial charge is 0.0995 e. The minimum Gasteiger partial charge on any atom is -0.387 e. The van der Waals surface area contributed by atoms with E-state index in [0.717, 1.165) is 37.1 Å². The van der Waals surface area contributed by atoms with Gasteiger partial charge in [-0.1, -0.05) is 24.3 Å². The van der Waals surface area contributed by atoms with Crippen LogP contribution in [0, 0.1) is 5.92 Å². The van der Waals surface area contributed by atoms with E-state index in [1.807, 2.05) is 12.5 Å². The minimum atomic E-state index is -0.415. The van der Waals surface area contributed by atoms with Gasteiger partial charge in [-0.15, -0.1) is 0 Å². The van der Waals surface area contributed by atoms with Crippen LogP contribution in [-0.2, 0) is 0 Å². The lowest BCUT2D eigenvalue weighted by atomic mass is 9.87. The zero-order chi connectivity index (χ0) is 17.5. The number of anilines is 1. The van der Waals surface area contributed by atoms with Crippen LogP contribution in [-0.4, -0.2) is 27.6 Å². The first-order valence-corrected chi connectivity index (χ1v) is 9.74. The number of nitrogens with zero attached hydrogens (tertiary/aromatic N) is 3. The molecule has 134 valence electrons. The molecule has 0 radical (unpaired) electrons. The Bertz CT molecular complexity index is 892. The molecular formula is C22H25N3O. The fraction of sp³-hybridized carbons (Fsp3) is 0.409. The Morgan fingerprint density at radius 3 is 2.46 bits per heavy atom. The van der Waals surface area contributed by atoms with E-state index in [1.165, 1.54) is 24.1 Å². The topological polar surface area (TPSA) is 40.8 Å². The van der Waals surface area contributed by atoms with Gasteiger partial charge >= 0.3 is 0 Å². The van der Waals surface area contributed by atoms with Crippen molar-refractivity contribution in [1.29, 1.82) is 0 Å². The van der Waals surface area contributed by atoms with E-state index >= 15 is 0 Å². The van der Waals surface area contributed by atoms with Crippen LogP contribution in [0.15, 0.2) is 55.0 Å². The Morgan fingerprint density at radius 1 is 0.962 bits per heavy atom. The monoisotopic (exact) mass is 347 g/mol. The van der Waals surface area contributed by atoms with E-state index in [4.69, 9.17) is 0 Å². The Balaban J connectivity index is 1.39. The number of pyridine rings is 1. The van der Waals surface area contributed by atoms with Crippen molar-refractivity contribution in [3.05, 3.63) is 66.2 Å². The molecule has 26 heavy (non-hydrogen) atoms. The minimum absolute atomic E-state index is 0.306. The average Bonchev–Trinajstić information content (AvgIpc) is 3.44. The number of para-hydroxylation sites is 1. The zero-order valence-electron chi connectivity index (χ0n) is 15.0. The summed E-state index contributed by atoms with van der Waals surface area (Å²) in [6.45, 7) is 2.01. The van der Waals surface area contributed by atoms with Gasteiger partial charge in [0.15, 0.2) is 0 Å². The molecule has 2 aliphatic rings. The van der Waals surface area contributed by atoms with Gasteiger partial charge in [-0.05, 0) is 61.3 Å². The molecule has 4 heteroatoms. The molecular weight excluding hydrogens is 322 g/mol. The van der Waals surface area contributed by atoms with E-state index in [1.54, 1.807) is 0 Å². The highest BCUT2D eigenvalue weighted by Gasteiger charge is 2.34. The second-order valence-corrected chi connectivity index (χ2v) is 7.74. The summed E-state index contributed by atoms with van der Waals surface area (Å²) >= 11 is 0. The summed E-state index contributed by atoms with van der Waals surface area (Å²) in [5.74, 6) is 0.927. The molecule has 2 fully saturated rings. The summed E-state index contributed by atoms with van der Waals surface area (Å²) in [6, 6.07) is 14.9. The standard InChI is InChI=1S/C22H25N3O/c26-22(17-10-12-24(13-11-17)18-4-2-1-3-5-18)21-20(16-6-7-16)9-8-19-14-23-15-25(19)21/h1-5,8-9,14-17,22,26H,6-7,10-13H2/t22-/m1/s1. The van der Waals surface area contributed by atoms with Gasteiger partial charge in [0, 0.05) is 18.8 Å². The number of aliphatic hydroxyl groups is 1. The molecule has 1 aromatic carbocycles. The second-order valence-electron chi connectivity index (χ2n) is 7.74. The molecule has 4 nitrogen and oxygen atoms in total. The van der Waals surface area contributed by atoms with Crippen molar-refractivity contribution in [2.24, 2.45) is 5.92 Å². The molecule has 1 aliphatic heterocycles. The first-order chi connectivity index (χ1) is 12.8. The van der Waals surface area contributed by atoms with E-state index in [0.29, 0.717) is 11.8 Å². The maximum Gasteiger partial charge on any atom is 0.0995 e. The van der Waals surface area contributed by atoms with Gasteiger partial charge in [-0.2, -0.15) is 0 Å². The van der Waals surface area contributed by atoms with Crippen LogP contribution in [0.5, 0.6) is 0 Å². The lowest BCUT2D eigenvalue weighted by Crippen LogP contribution is -2.36. The summed E-state index contributed by atoms with van der Waals surface area (Å²) in [5.41, 5.74) is 4.77. The van der Waals surface area contributed by atoms with Gasteiger partial charge in [0.05, 0.1) is 29.8 Å². The number of hydrogen-bond donors (Lipinski definition) is 1. The first kappa shape index (κ1) is 15.9. The molecule has 3 heterocycles. The number of piperidine rings is 1. The second kappa shape index (κ2) is 6.44. The van der Waals surface area contributed by atoms with Crippen molar-refractivity contribution in [2.45, 2.75) is 37.7 Å². The van der Waals surface area contributed by atoms with Crippen molar-refractivity contribution in [3.8, 4) is 0 Å². The predicted molar refractivity (Wildman–Crippen MR) is 104 cm³/mol. The molecule has 1 atom stereocenters. The third kappa shape index (κ3) is 2.78. The Hall–Kier alpha value is -2.33. The summed E-state index contributed by atoms with van der Waals surface area (Å²) in [7, 11) is 0. The quantitative estimate of drug-likeness (QED) is 0.770. The van der Waals surface area contributed by atoms with Crippen LogP contribution in [0.3, 0.4) is 0 Å². The lowest BCUT2D eigenvalue weighted by molar-refractivity contribution is 0.0871. The fourth-order valence-electron chi connectivity index (χ4n) is 4.42. The number of rotatable bonds is 4. The molecule has 0 bridgehead atoms. The maximum atomic E-state index is 11.3. The highest BCUT2D eigenvalue weighted by Crippen LogP contribution is 2.45. The molecule has 1 aliphatic carbocycles. The number of aromatic nitrogens is 2. The Kier molecular flexibility index (Phi) is 3.93. The zero-order valence-corrected chi connectivity index (χ0v) is 15.0. The van der Waals surface area contributed by atoms with Crippen molar-refractivity contribution >= 4 is 11.2 Å². The van der Waals surface area contributed by atoms with Crippen molar-refractivity contribution < 1.29 is 5.11 Å². The summed E-state index contributed by atoms with van der Waals surface area (Å²) in [4.78, 5) is 6.74. The third-order valence-corrected chi connectivity index (χ3v) is 6.06. The number of benzene rings is 1. The van der Waals surface area contributed by atoms with Crippen LogP contribution in [0.4, 0.5) is 5.69 Å². The van der Waals surface area contributed by atoms with Crippen molar-refractivity contribution in [3.63, 3.8) is 0 Å². The molecule has 1 saturated carbocycles. The van der Waals surface area contributed by atoms with Crippen LogP contribution in [0.25, 0.3) is 5.52 Å². The number of aliphatic hydroxyl groups excluding tert-OH is 1. The van der Waals surface area contributed by atoms with Crippen molar-refractivity contribution in [2.75, 3.05) is 18.0 Å². The normalized spacial score (nSPS) is 19.8. The summed E-state index contributed by atoms with van der Waals surface area (Å²) < 4.78 is 2.11. The number of imidazole rings is 1. The largest absolute Gasteiger partial charge is 0.387 e. The van der Waals surface area contributed by atoms with Gasteiger partial charge in [-0.25, -0.2) is 4.98 Å². The molecule has 1 N–H and O–H groups in total. The molecule has 3 aromatic rings. The van der Waals surface area contributed by atoms with Crippen molar-refractivity contribution in [1.82, 2.24) is 9.38 Å². The van der Waals surface area contributed by atoms with Gasteiger partial charge < -0.3 is 14.4 Å². The average molecular weight is 347 g/mol. The first-order valence-electron chi connectivity index (χ1n) is 9.74. The van der Waals surface area contributed by atoms with Gasteiger partial charge in [-0.3, -0.25) is 0 Å². The summed E-state index contributed by atoms with van der Waals surface area (Å²) in [6.07, 6.45) is 7.85. The SMILES string of the molecule is O[C@@H](c1c(C2CC2)ccc2cncn12)C1CCN(c2ccccc2)CC1. The van der Waals surface area contributed by atoms with E-state index in [9.17, 15) is 5.11 Å². The molecule has 0 amide bonds. The molecule has 2 aromatic heterocycles. The lowest BCUT2D eigenvalue weighted by Gasteiger charge is -2.36. The Labute approximate surface area is 154 Å². The van der Waals surface area contributed by atoms with E-state index in [-0.39, 0.29) is 0 Å². The van der Waals surface area contributed by atoms with Crippen LogP contribution < -0.4 is 4.90 Å². The highest BCUT2D eigenvalue weighted by atomic mass is 16.3. The van der Waals surface area contributed by atoms with Crippen LogP contribution >= 0.6 is 0 Å². The van der Waals surface area contributed by atoms with Gasteiger partial charge in [0.2, 0.25) is 0 Å². The van der Waals surface area contributed by atoms with Crippen LogP contribution in [0.2, 0.25) is 0 Å². The Morgan fingerprint density at radius 2 is 1.73 bits per heavy atom. The van der Waals surface area contributed by atoms with Gasteiger partial charge in [0.1, 0.15) is 0 Å². The molecule has 1 saturated heterocycles. The maximum absolute atomic E-state index is 11.3. The van der Waals surface area contributed by atoms with E-state index < -0.39 is 6.10 Å². The number of hydrogen-bond acceptors (Lipinski definition) is 3.